The number of nitriles is 1. The van der Waals surface area contributed by atoms with Crippen LogP contribution in [0.3, 0.4) is 0 Å². The molecule has 0 aromatic carbocycles. The largest absolute Gasteiger partial charge is 0.314 e. The third-order valence-electron chi connectivity index (χ3n) is 1.76. The van der Waals surface area contributed by atoms with Crippen molar-refractivity contribution in [2.45, 2.75) is 13.0 Å². The number of aromatic nitrogens is 2. The molecule has 1 N–H and O–H groups in total. The van der Waals surface area contributed by atoms with Gasteiger partial charge in [-0.2, -0.15) is 10.4 Å². The fourth-order valence-corrected chi connectivity index (χ4v) is 1.14. The lowest BCUT2D eigenvalue weighted by molar-refractivity contribution is 0.669. The lowest BCUT2D eigenvalue weighted by Crippen LogP contribution is -2.11. The van der Waals surface area contributed by atoms with E-state index in [1.165, 1.54) is 0 Å². The Hall–Kier alpha value is -1.34. The first kappa shape index (κ1) is 8.75. The summed E-state index contributed by atoms with van der Waals surface area (Å²) in [5, 5.41) is 15.6. The Balaban J connectivity index is 2.89. The van der Waals surface area contributed by atoms with E-state index in [0.29, 0.717) is 6.42 Å². The van der Waals surface area contributed by atoms with Crippen LogP contribution in [-0.2, 0) is 20.0 Å². The number of aryl methyl sites for hydroxylation is 1. The highest BCUT2D eigenvalue weighted by Gasteiger charge is 2.05. The molecule has 0 aliphatic carbocycles. The highest BCUT2D eigenvalue weighted by atomic mass is 15.3. The summed E-state index contributed by atoms with van der Waals surface area (Å²) in [5.41, 5.74) is 2.09. The van der Waals surface area contributed by atoms with Gasteiger partial charge in [0.25, 0.3) is 0 Å². The fourth-order valence-electron chi connectivity index (χ4n) is 1.14. The van der Waals surface area contributed by atoms with Gasteiger partial charge in [0, 0.05) is 19.2 Å². The van der Waals surface area contributed by atoms with Gasteiger partial charge in [-0.1, -0.05) is 0 Å². The Morgan fingerprint density at radius 1 is 1.75 bits per heavy atom. The second-order valence-electron chi connectivity index (χ2n) is 2.61. The number of nitrogens with zero attached hydrogens (tertiary/aromatic N) is 3. The second kappa shape index (κ2) is 3.88. The minimum atomic E-state index is 0.435. The quantitative estimate of drug-likeness (QED) is 0.694. The molecule has 0 unspecified atom stereocenters. The predicted octanol–water partition coefficient (Wildman–Crippen LogP) is 0.206. The van der Waals surface area contributed by atoms with E-state index in [2.05, 4.69) is 16.5 Å². The van der Waals surface area contributed by atoms with Gasteiger partial charge in [0.05, 0.1) is 24.4 Å². The molecule has 1 rings (SSSR count). The summed E-state index contributed by atoms with van der Waals surface area (Å²) in [6.45, 7) is 0.757. The molecule has 4 nitrogen and oxygen atoms in total. The molecule has 0 radical (unpaired) electrons. The zero-order chi connectivity index (χ0) is 8.97. The molecule has 0 atom stereocenters. The number of nitrogens with one attached hydrogen (secondary N) is 1. The molecule has 0 saturated heterocycles. The lowest BCUT2D eigenvalue weighted by Gasteiger charge is -2.01. The van der Waals surface area contributed by atoms with Crippen LogP contribution in [0.25, 0.3) is 0 Å². The topological polar surface area (TPSA) is 53.6 Å². The van der Waals surface area contributed by atoms with E-state index in [9.17, 15) is 0 Å². The molecule has 0 saturated carbocycles. The van der Waals surface area contributed by atoms with Crippen LogP contribution in [0.15, 0.2) is 6.20 Å². The number of hydrogen-bond acceptors (Lipinski definition) is 3. The third-order valence-corrected chi connectivity index (χ3v) is 1.76. The molecule has 64 valence electrons. The second-order valence-corrected chi connectivity index (χ2v) is 2.61. The molecule has 4 heteroatoms. The zero-order valence-corrected chi connectivity index (χ0v) is 7.33. The van der Waals surface area contributed by atoms with Gasteiger partial charge < -0.3 is 5.32 Å². The first-order chi connectivity index (χ1) is 5.79. The van der Waals surface area contributed by atoms with Crippen LogP contribution in [0.4, 0.5) is 0 Å². The van der Waals surface area contributed by atoms with Crippen LogP contribution in [0.5, 0.6) is 0 Å². The Kier molecular flexibility index (Phi) is 2.83. The fraction of sp³-hybridized carbons (Fsp3) is 0.500. The average Bonchev–Trinajstić information content (AvgIpc) is 2.37. The molecule has 0 aliphatic rings. The molecular formula is C8H12N4. The van der Waals surface area contributed by atoms with Crippen molar-refractivity contribution < 1.29 is 0 Å². The van der Waals surface area contributed by atoms with Crippen molar-refractivity contribution in [2.24, 2.45) is 7.05 Å². The van der Waals surface area contributed by atoms with Gasteiger partial charge in [0.1, 0.15) is 0 Å². The molecule has 0 amide bonds. The SMILES string of the molecule is CNCc1c(CC#N)cnn1C. The molecule has 12 heavy (non-hydrogen) atoms. The molecule has 1 aromatic rings. The molecular weight excluding hydrogens is 152 g/mol. The predicted molar refractivity (Wildman–Crippen MR) is 45.3 cm³/mol. The van der Waals surface area contributed by atoms with E-state index in [0.717, 1.165) is 17.8 Å². The van der Waals surface area contributed by atoms with Crippen LogP contribution in [0.2, 0.25) is 0 Å². The highest BCUT2D eigenvalue weighted by Crippen LogP contribution is 2.06. The van der Waals surface area contributed by atoms with Crippen LogP contribution in [0.1, 0.15) is 11.3 Å². The van der Waals surface area contributed by atoms with Crippen LogP contribution < -0.4 is 5.32 Å². The molecule has 0 aliphatic heterocycles. The maximum atomic E-state index is 8.51. The van der Waals surface area contributed by atoms with Gasteiger partial charge in [-0.15, -0.1) is 0 Å². The van der Waals surface area contributed by atoms with Crippen molar-refractivity contribution in [3.8, 4) is 6.07 Å². The van der Waals surface area contributed by atoms with Crippen molar-refractivity contribution in [1.29, 1.82) is 5.26 Å². The summed E-state index contributed by atoms with van der Waals surface area (Å²) in [5.74, 6) is 0. The minimum absolute atomic E-state index is 0.435. The third kappa shape index (κ3) is 1.63. The Labute approximate surface area is 71.8 Å². The molecule has 0 spiro atoms. The summed E-state index contributed by atoms with van der Waals surface area (Å²) in [6.07, 6.45) is 2.18. The maximum absolute atomic E-state index is 8.51. The van der Waals surface area contributed by atoms with Crippen molar-refractivity contribution in [1.82, 2.24) is 15.1 Å². The van der Waals surface area contributed by atoms with Gasteiger partial charge in [-0.05, 0) is 7.05 Å². The lowest BCUT2D eigenvalue weighted by atomic mass is 10.2. The van der Waals surface area contributed by atoms with Gasteiger partial charge in [-0.25, -0.2) is 0 Å². The van der Waals surface area contributed by atoms with Crippen molar-refractivity contribution in [3.05, 3.63) is 17.5 Å². The van der Waals surface area contributed by atoms with E-state index in [1.807, 2.05) is 14.1 Å². The summed E-state index contributed by atoms with van der Waals surface area (Å²) < 4.78 is 1.79. The van der Waals surface area contributed by atoms with Crippen molar-refractivity contribution >= 4 is 0 Å². The maximum Gasteiger partial charge on any atom is 0.0671 e. The molecule has 0 bridgehead atoms. The minimum Gasteiger partial charge on any atom is -0.314 e. The first-order valence-electron chi connectivity index (χ1n) is 3.81. The van der Waals surface area contributed by atoms with E-state index < -0.39 is 0 Å². The Morgan fingerprint density at radius 2 is 2.50 bits per heavy atom. The summed E-state index contributed by atoms with van der Waals surface area (Å²) in [6, 6.07) is 2.12. The average molecular weight is 164 g/mol. The standard InChI is InChI=1S/C8H12N4/c1-10-6-8-7(3-4-9)5-11-12(8)2/h5,10H,3,6H2,1-2H3. The van der Waals surface area contributed by atoms with Gasteiger partial charge >= 0.3 is 0 Å². The van der Waals surface area contributed by atoms with Gasteiger partial charge in [-0.3, -0.25) is 4.68 Å². The smallest absolute Gasteiger partial charge is 0.0671 e. The highest BCUT2D eigenvalue weighted by molar-refractivity contribution is 5.20. The normalized spacial score (nSPS) is 9.75. The van der Waals surface area contributed by atoms with Crippen LogP contribution in [0, 0.1) is 11.3 Å². The molecule has 0 fully saturated rings. The first-order valence-corrected chi connectivity index (χ1v) is 3.81. The monoisotopic (exact) mass is 164 g/mol. The van der Waals surface area contributed by atoms with Gasteiger partial charge in [0.15, 0.2) is 0 Å². The Morgan fingerprint density at radius 3 is 3.08 bits per heavy atom. The van der Waals surface area contributed by atoms with Crippen molar-refractivity contribution in [2.75, 3.05) is 7.05 Å². The summed E-state index contributed by atoms with van der Waals surface area (Å²) in [4.78, 5) is 0. The van der Waals surface area contributed by atoms with Crippen LogP contribution >= 0.6 is 0 Å². The van der Waals surface area contributed by atoms with E-state index in [1.54, 1.807) is 10.9 Å². The zero-order valence-electron chi connectivity index (χ0n) is 7.33. The van der Waals surface area contributed by atoms with Crippen molar-refractivity contribution in [3.63, 3.8) is 0 Å². The summed E-state index contributed by atoms with van der Waals surface area (Å²) in [7, 11) is 3.76. The van der Waals surface area contributed by atoms with Crippen LogP contribution in [-0.4, -0.2) is 16.8 Å². The van der Waals surface area contributed by atoms with E-state index in [-0.39, 0.29) is 0 Å². The molecule has 1 aromatic heterocycles. The number of hydrogen-bond donors (Lipinski definition) is 1. The summed E-state index contributed by atoms with van der Waals surface area (Å²) >= 11 is 0. The molecule has 1 heterocycles. The Bertz CT molecular complexity index is 294. The van der Waals surface area contributed by atoms with E-state index >= 15 is 0 Å². The number of rotatable bonds is 3. The van der Waals surface area contributed by atoms with E-state index in [4.69, 9.17) is 5.26 Å². The van der Waals surface area contributed by atoms with Gasteiger partial charge in [0.2, 0.25) is 0 Å².